The SMILES string of the molecule is CC(C)(C)OC(=O)CCCC(=O)NCCOCCOCC(=O)NCCOCCOCC(=O)O. The Morgan fingerprint density at radius 2 is 1.21 bits per heavy atom. The molecule has 2 amide bonds. The maximum Gasteiger partial charge on any atom is 0.329 e. The molecule has 0 saturated heterocycles. The topological polar surface area (TPSA) is 159 Å². The minimum Gasteiger partial charge on any atom is -0.480 e. The van der Waals surface area contributed by atoms with Crippen molar-refractivity contribution in [2.75, 3.05) is 65.9 Å². The third kappa shape index (κ3) is 24.2. The lowest BCUT2D eigenvalue weighted by molar-refractivity contribution is -0.155. The number of carboxylic acid groups (broad SMARTS) is 1. The summed E-state index contributed by atoms with van der Waals surface area (Å²) in [6.45, 7) is 7.04. The lowest BCUT2D eigenvalue weighted by atomic mass is 10.2. The normalized spacial score (nSPS) is 11.1. The van der Waals surface area contributed by atoms with Gasteiger partial charge in [0.2, 0.25) is 11.8 Å². The molecule has 0 saturated carbocycles. The first-order valence-electron chi connectivity index (χ1n) is 10.9. The Morgan fingerprint density at radius 3 is 1.76 bits per heavy atom. The highest BCUT2D eigenvalue weighted by molar-refractivity contribution is 5.77. The maximum absolute atomic E-state index is 11.7. The fraction of sp³-hybridized carbons (Fsp3) is 0.810. The number of amides is 2. The van der Waals surface area contributed by atoms with Crippen LogP contribution in [0.15, 0.2) is 0 Å². The van der Waals surface area contributed by atoms with Crippen LogP contribution in [0.2, 0.25) is 0 Å². The molecule has 0 atom stereocenters. The minimum absolute atomic E-state index is 0.112. The zero-order valence-electron chi connectivity index (χ0n) is 19.8. The van der Waals surface area contributed by atoms with E-state index < -0.39 is 11.6 Å². The van der Waals surface area contributed by atoms with Crippen LogP contribution in [0.1, 0.15) is 40.0 Å². The summed E-state index contributed by atoms with van der Waals surface area (Å²) < 4.78 is 25.6. The summed E-state index contributed by atoms with van der Waals surface area (Å²) in [5.74, 6) is -1.81. The van der Waals surface area contributed by atoms with Crippen LogP contribution >= 0.6 is 0 Å². The zero-order valence-corrected chi connectivity index (χ0v) is 19.8. The van der Waals surface area contributed by atoms with Gasteiger partial charge in [-0.3, -0.25) is 14.4 Å². The van der Waals surface area contributed by atoms with Crippen LogP contribution in [-0.2, 0) is 42.9 Å². The molecule has 0 aromatic heterocycles. The summed E-state index contributed by atoms with van der Waals surface area (Å²) in [5, 5.41) is 13.7. The molecule has 3 N–H and O–H groups in total. The first-order chi connectivity index (χ1) is 15.6. The molecule has 12 heteroatoms. The van der Waals surface area contributed by atoms with Crippen LogP contribution in [0.4, 0.5) is 0 Å². The van der Waals surface area contributed by atoms with Crippen LogP contribution in [0.3, 0.4) is 0 Å². The number of carbonyl (C=O) groups excluding carboxylic acids is 3. The van der Waals surface area contributed by atoms with Crippen molar-refractivity contribution in [3.63, 3.8) is 0 Å². The molecular formula is C21H38N2O10. The molecule has 0 aromatic rings. The number of hydrogen-bond acceptors (Lipinski definition) is 9. The predicted octanol–water partition coefficient (Wildman–Crippen LogP) is -0.118. The number of nitrogens with one attached hydrogen (secondary N) is 2. The fourth-order valence-electron chi connectivity index (χ4n) is 2.21. The van der Waals surface area contributed by atoms with Gasteiger partial charge in [0.05, 0.1) is 39.6 Å². The van der Waals surface area contributed by atoms with Gasteiger partial charge in [-0.15, -0.1) is 0 Å². The summed E-state index contributed by atoms with van der Waals surface area (Å²) in [6, 6.07) is 0. The van der Waals surface area contributed by atoms with E-state index in [4.69, 9.17) is 28.8 Å². The number of aliphatic carboxylic acids is 1. The molecule has 0 spiro atoms. The van der Waals surface area contributed by atoms with E-state index in [1.165, 1.54) is 0 Å². The van der Waals surface area contributed by atoms with Gasteiger partial charge in [0, 0.05) is 25.9 Å². The lowest BCUT2D eigenvalue weighted by Gasteiger charge is -2.19. The molecule has 0 aliphatic rings. The standard InChI is InChI=1S/C21H38N2O10/c1-21(2,3)33-20(28)6-4-5-17(24)22-7-9-29-11-13-31-15-18(25)23-8-10-30-12-14-32-16-19(26)27/h4-16H2,1-3H3,(H,22,24)(H,23,25)(H,26,27). The Labute approximate surface area is 194 Å². The smallest absolute Gasteiger partial charge is 0.329 e. The Kier molecular flexibility index (Phi) is 17.9. The number of carboxylic acids is 1. The molecule has 33 heavy (non-hydrogen) atoms. The van der Waals surface area contributed by atoms with Gasteiger partial charge >= 0.3 is 11.9 Å². The second kappa shape index (κ2) is 19.2. The first kappa shape index (κ1) is 30.7. The Morgan fingerprint density at radius 1 is 0.697 bits per heavy atom. The van der Waals surface area contributed by atoms with Crippen molar-refractivity contribution in [3.05, 3.63) is 0 Å². The minimum atomic E-state index is -1.04. The van der Waals surface area contributed by atoms with E-state index in [2.05, 4.69) is 10.6 Å². The second-order valence-corrected chi connectivity index (χ2v) is 7.86. The van der Waals surface area contributed by atoms with E-state index in [-0.39, 0.29) is 76.9 Å². The van der Waals surface area contributed by atoms with E-state index in [9.17, 15) is 19.2 Å². The highest BCUT2D eigenvalue weighted by atomic mass is 16.6. The molecule has 0 heterocycles. The molecular weight excluding hydrogens is 440 g/mol. The van der Waals surface area contributed by atoms with E-state index in [1.54, 1.807) is 20.8 Å². The Balaban J connectivity index is 3.41. The van der Waals surface area contributed by atoms with Crippen LogP contribution in [0.5, 0.6) is 0 Å². The highest BCUT2D eigenvalue weighted by Gasteiger charge is 2.16. The molecule has 192 valence electrons. The third-order valence-electron chi connectivity index (χ3n) is 3.54. The summed E-state index contributed by atoms with van der Waals surface area (Å²) in [4.78, 5) is 45.0. The van der Waals surface area contributed by atoms with Crippen molar-refractivity contribution in [2.24, 2.45) is 0 Å². The average molecular weight is 479 g/mol. The molecule has 0 aliphatic carbocycles. The maximum atomic E-state index is 11.7. The monoisotopic (exact) mass is 478 g/mol. The molecule has 0 radical (unpaired) electrons. The van der Waals surface area contributed by atoms with E-state index in [0.29, 0.717) is 26.1 Å². The summed E-state index contributed by atoms with van der Waals surface area (Å²) in [6.07, 6.45) is 0.856. The zero-order chi connectivity index (χ0) is 25.0. The van der Waals surface area contributed by atoms with Crippen molar-refractivity contribution in [2.45, 2.75) is 45.6 Å². The first-order valence-corrected chi connectivity index (χ1v) is 10.9. The third-order valence-corrected chi connectivity index (χ3v) is 3.54. The molecule has 0 bridgehead atoms. The van der Waals surface area contributed by atoms with E-state index >= 15 is 0 Å². The van der Waals surface area contributed by atoms with Gasteiger partial charge in [-0.2, -0.15) is 0 Å². The van der Waals surface area contributed by atoms with Gasteiger partial charge in [-0.1, -0.05) is 0 Å². The van der Waals surface area contributed by atoms with Crippen molar-refractivity contribution >= 4 is 23.8 Å². The van der Waals surface area contributed by atoms with Crippen LogP contribution in [0, 0.1) is 0 Å². The van der Waals surface area contributed by atoms with Crippen molar-refractivity contribution in [3.8, 4) is 0 Å². The Hall–Kier alpha value is -2.28. The molecule has 0 fully saturated rings. The Bertz CT molecular complexity index is 578. The summed E-state index contributed by atoms with van der Waals surface area (Å²) in [5.41, 5.74) is -0.526. The molecule has 0 aliphatic heterocycles. The fourth-order valence-corrected chi connectivity index (χ4v) is 2.21. The molecule has 0 aromatic carbocycles. The van der Waals surface area contributed by atoms with Gasteiger partial charge in [0.15, 0.2) is 0 Å². The van der Waals surface area contributed by atoms with Crippen LogP contribution in [-0.4, -0.2) is 100 Å². The second-order valence-electron chi connectivity index (χ2n) is 7.86. The molecule has 0 rings (SSSR count). The van der Waals surface area contributed by atoms with Gasteiger partial charge in [-0.25, -0.2) is 4.79 Å². The largest absolute Gasteiger partial charge is 0.480 e. The number of hydrogen-bond donors (Lipinski definition) is 3. The molecule has 12 nitrogen and oxygen atoms in total. The van der Waals surface area contributed by atoms with Gasteiger partial charge < -0.3 is 39.4 Å². The van der Waals surface area contributed by atoms with Crippen molar-refractivity contribution < 1.29 is 48.0 Å². The van der Waals surface area contributed by atoms with Crippen LogP contribution in [0.25, 0.3) is 0 Å². The van der Waals surface area contributed by atoms with Crippen molar-refractivity contribution in [1.29, 1.82) is 0 Å². The van der Waals surface area contributed by atoms with E-state index in [0.717, 1.165) is 0 Å². The lowest BCUT2D eigenvalue weighted by Crippen LogP contribution is -2.31. The summed E-state index contributed by atoms with van der Waals surface area (Å²) in [7, 11) is 0. The highest BCUT2D eigenvalue weighted by Crippen LogP contribution is 2.09. The quantitative estimate of drug-likeness (QED) is 0.159. The van der Waals surface area contributed by atoms with Crippen molar-refractivity contribution in [1.82, 2.24) is 10.6 Å². The predicted molar refractivity (Wildman–Crippen MR) is 117 cm³/mol. The van der Waals surface area contributed by atoms with Crippen LogP contribution < -0.4 is 10.6 Å². The molecule has 0 unspecified atom stereocenters. The number of ether oxygens (including phenoxy) is 5. The number of rotatable bonds is 20. The van der Waals surface area contributed by atoms with Gasteiger partial charge in [-0.05, 0) is 27.2 Å². The van der Waals surface area contributed by atoms with Gasteiger partial charge in [0.1, 0.15) is 18.8 Å². The number of carbonyl (C=O) groups is 4. The van der Waals surface area contributed by atoms with Gasteiger partial charge in [0.25, 0.3) is 0 Å². The van der Waals surface area contributed by atoms with E-state index in [1.807, 2.05) is 0 Å². The number of esters is 1. The summed E-state index contributed by atoms with van der Waals surface area (Å²) >= 11 is 0. The average Bonchev–Trinajstić information content (AvgIpc) is 2.70.